The summed E-state index contributed by atoms with van der Waals surface area (Å²) in [5.74, 6) is 1.54. The molecule has 0 aromatic carbocycles. The van der Waals surface area contributed by atoms with Crippen molar-refractivity contribution in [3.05, 3.63) is 29.7 Å². The average molecular weight is 149 g/mol. The van der Waals surface area contributed by atoms with E-state index in [1.54, 1.807) is 5.57 Å². The SMILES string of the molecule is C=C[C]1CCC(=C(C)C)CC1. The van der Waals surface area contributed by atoms with Gasteiger partial charge >= 0.3 is 0 Å². The fourth-order valence-corrected chi connectivity index (χ4v) is 1.58. The van der Waals surface area contributed by atoms with Crippen LogP contribution < -0.4 is 0 Å². The fraction of sp³-hybridized carbons (Fsp3) is 0.545. The van der Waals surface area contributed by atoms with Gasteiger partial charge in [-0.25, -0.2) is 0 Å². The van der Waals surface area contributed by atoms with Crippen molar-refractivity contribution in [2.75, 3.05) is 0 Å². The zero-order chi connectivity index (χ0) is 8.27. The zero-order valence-electron chi connectivity index (χ0n) is 7.61. The van der Waals surface area contributed by atoms with Crippen LogP contribution in [0.4, 0.5) is 0 Å². The van der Waals surface area contributed by atoms with E-state index in [0.29, 0.717) is 0 Å². The lowest BCUT2D eigenvalue weighted by atomic mass is 9.84. The topological polar surface area (TPSA) is 0 Å². The Morgan fingerprint density at radius 2 is 1.73 bits per heavy atom. The van der Waals surface area contributed by atoms with Gasteiger partial charge in [-0.15, -0.1) is 6.58 Å². The Balaban J connectivity index is 2.48. The molecule has 0 amide bonds. The molecule has 0 unspecified atom stereocenters. The van der Waals surface area contributed by atoms with Gasteiger partial charge < -0.3 is 0 Å². The van der Waals surface area contributed by atoms with Crippen LogP contribution in [0.2, 0.25) is 0 Å². The van der Waals surface area contributed by atoms with E-state index in [1.165, 1.54) is 37.2 Å². The number of hydrogen-bond donors (Lipinski definition) is 0. The molecule has 0 bridgehead atoms. The molecule has 0 saturated heterocycles. The van der Waals surface area contributed by atoms with Crippen molar-refractivity contribution >= 4 is 0 Å². The van der Waals surface area contributed by atoms with Gasteiger partial charge in [0, 0.05) is 0 Å². The Morgan fingerprint density at radius 3 is 2.09 bits per heavy atom. The molecule has 0 heterocycles. The van der Waals surface area contributed by atoms with Gasteiger partial charge in [0.25, 0.3) is 0 Å². The Labute approximate surface area is 70.0 Å². The van der Waals surface area contributed by atoms with Crippen LogP contribution in [0, 0.1) is 5.92 Å². The van der Waals surface area contributed by atoms with E-state index >= 15 is 0 Å². The third-order valence-electron chi connectivity index (χ3n) is 2.49. The number of allylic oxidation sites excluding steroid dienone is 3. The molecule has 1 aliphatic rings. The van der Waals surface area contributed by atoms with Crippen molar-refractivity contribution in [1.29, 1.82) is 0 Å². The lowest BCUT2D eigenvalue weighted by molar-refractivity contribution is 0.661. The largest absolute Gasteiger partial charge is 0.102 e. The summed E-state index contributed by atoms with van der Waals surface area (Å²) < 4.78 is 0. The molecule has 1 radical (unpaired) electrons. The van der Waals surface area contributed by atoms with E-state index in [0.717, 1.165) is 0 Å². The highest BCUT2D eigenvalue weighted by atomic mass is 14.2. The van der Waals surface area contributed by atoms with Crippen LogP contribution >= 0.6 is 0 Å². The second-order valence-electron chi connectivity index (χ2n) is 3.47. The van der Waals surface area contributed by atoms with Crippen LogP contribution in [0.1, 0.15) is 39.5 Å². The van der Waals surface area contributed by atoms with Crippen LogP contribution in [-0.4, -0.2) is 0 Å². The monoisotopic (exact) mass is 149 g/mol. The molecule has 1 fully saturated rings. The molecule has 0 aromatic heterocycles. The van der Waals surface area contributed by atoms with Crippen molar-refractivity contribution in [3.63, 3.8) is 0 Å². The van der Waals surface area contributed by atoms with Gasteiger partial charge in [-0.2, -0.15) is 0 Å². The van der Waals surface area contributed by atoms with Crippen molar-refractivity contribution < 1.29 is 0 Å². The highest BCUT2D eigenvalue weighted by Crippen LogP contribution is 2.31. The first kappa shape index (κ1) is 8.58. The first-order chi connectivity index (χ1) is 5.24. The first-order valence-corrected chi connectivity index (χ1v) is 4.36. The van der Waals surface area contributed by atoms with Gasteiger partial charge in [0.15, 0.2) is 0 Å². The van der Waals surface area contributed by atoms with Crippen LogP contribution in [0.15, 0.2) is 23.8 Å². The minimum atomic E-state index is 1.24. The number of hydrogen-bond acceptors (Lipinski definition) is 0. The first-order valence-electron chi connectivity index (χ1n) is 4.36. The molecular formula is C11H17. The molecule has 1 rings (SSSR count). The summed E-state index contributed by atoms with van der Waals surface area (Å²) in [6.07, 6.45) is 7.04. The maximum atomic E-state index is 3.80. The summed E-state index contributed by atoms with van der Waals surface area (Å²) in [5.41, 5.74) is 3.18. The second kappa shape index (κ2) is 3.75. The minimum Gasteiger partial charge on any atom is -0.102 e. The predicted molar refractivity (Wildman–Crippen MR) is 50.3 cm³/mol. The van der Waals surface area contributed by atoms with Gasteiger partial charge in [0.05, 0.1) is 0 Å². The van der Waals surface area contributed by atoms with E-state index in [-0.39, 0.29) is 0 Å². The molecule has 0 aromatic rings. The van der Waals surface area contributed by atoms with Crippen molar-refractivity contribution in [2.24, 2.45) is 0 Å². The molecule has 1 saturated carbocycles. The van der Waals surface area contributed by atoms with Gasteiger partial charge in [0.1, 0.15) is 0 Å². The maximum Gasteiger partial charge on any atom is -0.00238 e. The maximum absolute atomic E-state index is 3.80. The van der Waals surface area contributed by atoms with Crippen molar-refractivity contribution in [1.82, 2.24) is 0 Å². The molecule has 61 valence electrons. The molecule has 1 aliphatic carbocycles. The van der Waals surface area contributed by atoms with E-state index in [9.17, 15) is 0 Å². The molecule has 0 atom stereocenters. The minimum absolute atomic E-state index is 1.24. The van der Waals surface area contributed by atoms with Gasteiger partial charge in [-0.3, -0.25) is 0 Å². The normalized spacial score (nSPS) is 20.0. The summed E-state index contributed by atoms with van der Waals surface area (Å²) >= 11 is 0. The number of rotatable bonds is 1. The third-order valence-corrected chi connectivity index (χ3v) is 2.49. The van der Waals surface area contributed by atoms with Crippen LogP contribution in [-0.2, 0) is 0 Å². The smallest absolute Gasteiger partial charge is 0.00238 e. The summed E-state index contributed by atoms with van der Waals surface area (Å²) in [4.78, 5) is 0. The molecular weight excluding hydrogens is 132 g/mol. The molecule has 0 N–H and O–H groups in total. The molecule has 0 aliphatic heterocycles. The van der Waals surface area contributed by atoms with Crippen molar-refractivity contribution in [2.45, 2.75) is 39.5 Å². The average Bonchev–Trinajstić information content (AvgIpc) is 2.05. The highest BCUT2D eigenvalue weighted by molar-refractivity contribution is 5.20. The van der Waals surface area contributed by atoms with Crippen LogP contribution in [0.5, 0.6) is 0 Å². The Morgan fingerprint density at radius 1 is 1.18 bits per heavy atom. The Kier molecular flexibility index (Phi) is 2.92. The van der Waals surface area contributed by atoms with Gasteiger partial charge in [-0.1, -0.05) is 17.2 Å². The predicted octanol–water partition coefficient (Wildman–Crippen LogP) is 3.66. The van der Waals surface area contributed by atoms with E-state index in [4.69, 9.17) is 0 Å². The molecule has 0 heteroatoms. The second-order valence-corrected chi connectivity index (χ2v) is 3.47. The highest BCUT2D eigenvalue weighted by Gasteiger charge is 2.14. The van der Waals surface area contributed by atoms with Crippen LogP contribution in [0.25, 0.3) is 0 Å². The van der Waals surface area contributed by atoms with Crippen molar-refractivity contribution in [3.8, 4) is 0 Å². The van der Waals surface area contributed by atoms with E-state index in [1.807, 2.05) is 6.08 Å². The summed E-state index contributed by atoms with van der Waals surface area (Å²) in [6, 6.07) is 0. The summed E-state index contributed by atoms with van der Waals surface area (Å²) in [5, 5.41) is 0. The van der Waals surface area contributed by atoms with Gasteiger partial charge in [-0.05, 0) is 45.4 Å². The lowest BCUT2D eigenvalue weighted by Crippen LogP contribution is -2.03. The van der Waals surface area contributed by atoms with E-state index < -0.39 is 0 Å². The van der Waals surface area contributed by atoms with Gasteiger partial charge in [0.2, 0.25) is 0 Å². The molecule has 11 heavy (non-hydrogen) atoms. The lowest BCUT2D eigenvalue weighted by Gasteiger charge is -2.21. The molecule has 0 nitrogen and oxygen atoms in total. The summed E-state index contributed by atoms with van der Waals surface area (Å²) in [6.45, 7) is 8.23. The van der Waals surface area contributed by atoms with E-state index in [2.05, 4.69) is 20.4 Å². The summed E-state index contributed by atoms with van der Waals surface area (Å²) in [7, 11) is 0. The third kappa shape index (κ3) is 2.21. The standard InChI is InChI=1S/C11H17/c1-4-10-5-7-11(8-6-10)9(2)3/h4H,1,5-8H2,2-3H3. The Hall–Kier alpha value is -0.520. The fourth-order valence-electron chi connectivity index (χ4n) is 1.58. The quantitative estimate of drug-likeness (QED) is 0.499. The molecule has 0 spiro atoms. The Bertz CT molecular complexity index is 160. The zero-order valence-corrected chi connectivity index (χ0v) is 7.61. The van der Waals surface area contributed by atoms with Crippen LogP contribution in [0.3, 0.4) is 0 Å².